The Morgan fingerprint density at radius 2 is 2.14 bits per heavy atom. The fourth-order valence-corrected chi connectivity index (χ4v) is 3.95. The summed E-state index contributed by atoms with van der Waals surface area (Å²) in [5.41, 5.74) is 1.29. The molecule has 3 aromatic heterocycles. The van der Waals surface area contributed by atoms with Gasteiger partial charge in [0.2, 0.25) is 17.6 Å². The third-order valence-corrected chi connectivity index (χ3v) is 5.65. The second kappa shape index (κ2) is 8.17. The SMILES string of the molecule is O=C(CCc1nc(-c2cccs2)no1)Nc1nc(-c2ccc(F)c(Cl)c2)cs1. The van der Waals surface area contributed by atoms with Gasteiger partial charge in [-0.3, -0.25) is 4.79 Å². The Morgan fingerprint density at radius 1 is 1.25 bits per heavy atom. The van der Waals surface area contributed by atoms with Crippen LogP contribution in [-0.2, 0) is 11.2 Å². The Kier molecular flexibility index (Phi) is 5.47. The van der Waals surface area contributed by atoms with Crippen LogP contribution in [0.25, 0.3) is 22.0 Å². The van der Waals surface area contributed by atoms with Gasteiger partial charge in [0, 0.05) is 23.8 Å². The van der Waals surface area contributed by atoms with Gasteiger partial charge < -0.3 is 9.84 Å². The van der Waals surface area contributed by atoms with Gasteiger partial charge in [-0.1, -0.05) is 22.8 Å². The molecule has 0 saturated carbocycles. The molecule has 0 bridgehead atoms. The number of nitrogens with one attached hydrogen (secondary N) is 1. The van der Waals surface area contributed by atoms with E-state index in [2.05, 4.69) is 20.4 Å². The van der Waals surface area contributed by atoms with Crippen molar-refractivity contribution in [3.05, 3.63) is 57.8 Å². The average Bonchev–Trinajstić information content (AvgIpc) is 3.43. The molecule has 142 valence electrons. The number of amides is 1. The molecule has 4 aromatic rings. The maximum Gasteiger partial charge on any atom is 0.227 e. The Labute approximate surface area is 172 Å². The highest BCUT2D eigenvalue weighted by Gasteiger charge is 2.13. The van der Waals surface area contributed by atoms with Crippen LogP contribution in [0.5, 0.6) is 0 Å². The maximum atomic E-state index is 13.3. The molecule has 0 saturated heterocycles. The van der Waals surface area contributed by atoms with Crippen LogP contribution in [0.1, 0.15) is 12.3 Å². The fourth-order valence-electron chi connectivity index (χ4n) is 2.38. The summed E-state index contributed by atoms with van der Waals surface area (Å²) in [6.07, 6.45) is 0.513. The number of halogens is 2. The van der Waals surface area contributed by atoms with Crippen molar-refractivity contribution in [3.63, 3.8) is 0 Å². The van der Waals surface area contributed by atoms with E-state index in [1.807, 2.05) is 17.5 Å². The molecule has 28 heavy (non-hydrogen) atoms. The van der Waals surface area contributed by atoms with E-state index in [-0.39, 0.29) is 17.4 Å². The van der Waals surface area contributed by atoms with E-state index in [0.717, 1.165) is 4.88 Å². The third kappa shape index (κ3) is 4.27. The van der Waals surface area contributed by atoms with Crippen LogP contribution in [0, 0.1) is 5.82 Å². The van der Waals surface area contributed by atoms with Crippen LogP contribution in [0.15, 0.2) is 45.6 Å². The number of thiophene rings is 1. The van der Waals surface area contributed by atoms with Gasteiger partial charge in [0.1, 0.15) is 5.82 Å². The first-order valence-corrected chi connectivity index (χ1v) is 10.3. The van der Waals surface area contributed by atoms with E-state index in [9.17, 15) is 9.18 Å². The zero-order chi connectivity index (χ0) is 19.5. The van der Waals surface area contributed by atoms with E-state index in [1.54, 1.807) is 11.4 Å². The Hall–Kier alpha value is -2.62. The molecule has 0 aliphatic heterocycles. The molecule has 10 heteroatoms. The minimum atomic E-state index is -0.488. The molecule has 1 amide bonds. The molecule has 3 heterocycles. The number of hydrogen-bond acceptors (Lipinski definition) is 7. The number of aryl methyl sites for hydroxylation is 1. The van der Waals surface area contributed by atoms with Crippen molar-refractivity contribution in [1.82, 2.24) is 15.1 Å². The summed E-state index contributed by atoms with van der Waals surface area (Å²) < 4.78 is 18.5. The molecule has 0 radical (unpaired) electrons. The van der Waals surface area contributed by atoms with Gasteiger partial charge in [0.25, 0.3) is 0 Å². The van der Waals surface area contributed by atoms with Crippen LogP contribution in [-0.4, -0.2) is 21.0 Å². The number of thiazole rings is 1. The van der Waals surface area contributed by atoms with Gasteiger partial charge in [0.15, 0.2) is 5.13 Å². The Morgan fingerprint density at radius 3 is 2.93 bits per heavy atom. The monoisotopic (exact) mass is 434 g/mol. The number of aromatic nitrogens is 3. The van der Waals surface area contributed by atoms with Gasteiger partial charge in [-0.15, -0.1) is 22.7 Å². The zero-order valence-corrected chi connectivity index (χ0v) is 16.6. The number of nitrogens with zero attached hydrogens (tertiary/aromatic N) is 3. The second-order valence-corrected chi connectivity index (χ2v) is 7.92. The lowest BCUT2D eigenvalue weighted by atomic mass is 10.2. The van der Waals surface area contributed by atoms with E-state index < -0.39 is 5.82 Å². The molecule has 0 spiro atoms. The van der Waals surface area contributed by atoms with Crippen LogP contribution >= 0.6 is 34.3 Å². The van der Waals surface area contributed by atoms with Crippen LogP contribution in [0.2, 0.25) is 5.02 Å². The standard InChI is InChI=1S/C18H12ClFN4O2S2/c19-11-8-10(3-4-12(11)20)13-9-28-18(21-13)22-15(25)5-6-16-23-17(24-26-16)14-2-1-7-27-14/h1-4,7-9H,5-6H2,(H,21,22,25). The molecule has 0 unspecified atom stereocenters. The molecule has 0 atom stereocenters. The molecular formula is C18H12ClFN4O2S2. The summed E-state index contributed by atoms with van der Waals surface area (Å²) in [4.78, 5) is 21.7. The summed E-state index contributed by atoms with van der Waals surface area (Å²) in [6.45, 7) is 0. The fraction of sp³-hybridized carbons (Fsp3) is 0.111. The molecule has 0 aliphatic carbocycles. The van der Waals surface area contributed by atoms with Gasteiger partial charge in [0.05, 0.1) is 15.6 Å². The highest BCUT2D eigenvalue weighted by molar-refractivity contribution is 7.14. The van der Waals surface area contributed by atoms with Crippen molar-refractivity contribution in [1.29, 1.82) is 0 Å². The smallest absolute Gasteiger partial charge is 0.227 e. The van der Waals surface area contributed by atoms with Crippen molar-refractivity contribution >= 4 is 45.3 Å². The first-order chi connectivity index (χ1) is 13.6. The van der Waals surface area contributed by atoms with Gasteiger partial charge in [-0.2, -0.15) is 4.98 Å². The second-order valence-electron chi connectivity index (χ2n) is 5.70. The van der Waals surface area contributed by atoms with Crippen LogP contribution < -0.4 is 5.32 Å². The lowest BCUT2D eigenvalue weighted by Gasteiger charge is -2.00. The number of carbonyl (C=O) groups is 1. The highest BCUT2D eigenvalue weighted by atomic mass is 35.5. The zero-order valence-electron chi connectivity index (χ0n) is 14.2. The maximum absolute atomic E-state index is 13.3. The van der Waals surface area contributed by atoms with E-state index in [1.165, 1.54) is 34.8 Å². The van der Waals surface area contributed by atoms with Gasteiger partial charge in [-0.05, 0) is 29.6 Å². The first-order valence-electron chi connectivity index (χ1n) is 8.16. The number of carbonyl (C=O) groups excluding carboxylic acids is 1. The van der Waals surface area contributed by atoms with Crippen molar-refractivity contribution in [2.45, 2.75) is 12.8 Å². The Balaban J connectivity index is 1.34. The topological polar surface area (TPSA) is 80.9 Å². The lowest BCUT2D eigenvalue weighted by Crippen LogP contribution is -2.12. The quantitative estimate of drug-likeness (QED) is 0.446. The first kappa shape index (κ1) is 18.7. The van der Waals surface area contributed by atoms with Crippen LogP contribution in [0.4, 0.5) is 9.52 Å². The average molecular weight is 435 g/mol. The summed E-state index contributed by atoms with van der Waals surface area (Å²) in [6, 6.07) is 8.18. The predicted octanol–water partition coefficient (Wildman–Crippen LogP) is 5.29. The van der Waals surface area contributed by atoms with E-state index in [0.29, 0.717) is 34.5 Å². The number of hydrogen-bond donors (Lipinski definition) is 1. The summed E-state index contributed by atoms with van der Waals surface area (Å²) >= 11 is 8.59. The van der Waals surface area contributed by atoms with Crippen molar-refractivity contribution in [3.8, 4) is 22.0 Å². The van der Waals surface area contributed by atoms with Gasteiger partial charge >= 0.3 is 0 Å². The molecule has 0 aliphatic rings. The summed E-state index contributed by atoms with van der Waals surface area (Å²) in [7, 11) is 0. The van der Waals surface area contributed by atoms with Gasteiger partial charge in [-0.25, -0.2) is 9.37 Å². The highest BCUT2D eigenvalue weighted by Crippen LogP contribution is 2.28. The van der Waals surface area contributed by atoms with Crippen LogP contribution in [0.3, 0.4) is 0 Å². The third-order valence-electron chi connectivity index (χ3n) is 3.74. The molecule has 1 aromatic carbocycles. The molecule has 4 rings (SSSR count). The lowest BCUT2D eigenvalue weighted by molar-refractivity contribution is -0.116. The molecule has 6 nitrogen and oxygen atoms in total. The normalized spacial score (nSPS) is 10.9. The van der Waals surface area contributed by atoms with Crippen molar-refractivity contribution in [2.24, 2.45) is 0 Å². The summed E-state index contributed by atoms with van der Waals surface area (Å²) in [5.74, 6) is 0.221. The van der Waals surface area contributed by atoms with E-state index in [4.69, 9.17) is 16.1 Å². The van der Waals surface area contributed by atoms with Crippen molar-refractivity contribution in [2.75, 3.05) is 5.32 Å². The minimum absolute atomic E-state index is 0.0255. The van der Waals surface area contributed by atoms with Crippen molar-refractivity contribution < 1.29 is 13.7 Å². The van der Waals surface area contributed by atoms with E-state index >= 15 is 0 Å². The molecular weight excluding hydrogens is 423 g/mol. The number of anilines is 1. The summed E-state index contributed by atoms with van der Waals surface area (Å²) in [5, 5.41) is 10.8. The number of benzene rings is 1. The predicted molar refractivity (Wildman–Crippen MR) is 107 cm³/mol. The minimum Gasteiger partial charge on any atom is -0.339 e. The number of rotatable bonds is 6. The molecule has 1 N–H and O–H groups in total. The Bertz CT molecular complexity index is 1110. The largest absolute Gasteiger partial charge is 0.339 e. The molecule has 0 fully saturated rings.